The molecule has 102 valence electrons. The van der Waals surface area contributed by atoms with Gasteiger partial charge in [0.15, 0.2) is 0 Å². The second kappa shape index (κ2) is 4.78. The third-order valence-electron chi connectivity index (χ3n) is 3.46. The van der Waals surface area contributed by atoms with Gasteiger partial charge in [-0.25, -0.2) is 0 Å². The van der Waals surface area contributed by atoms with Crippen LogP contribution in [0.15, 0.2) is 11.6 Å². The Morgan fingerprint density at radius 3 is 3.05 bits per heavy atom. The molecule has 0 aliphatic heterocycles. The van der Waals surface area contributed by atoms with Gasteiger partial charge in [0.1, 0.15) is 6.20 Å². The molecule has 1 saturated carbocycles. The van der Waals surface area contributed by atoms with Crippen molar-refractivity contribution in [1.29, 1.82) is 0 Å². The van der Waals surface area contributed by atoms with Crippen LogP contribution < -0.4 is 5.32 Å². The van der Waals surface area contributed by atoms with Gasteiger partial charge in [-0.2, -0.15) is 9.38 Å². The predicted molar refractivity (Wildman–Crippen MR) is 71.6 cm³/mol. The average molecular weight is 282 g/mol. The van der Waals surface area contributed by atoms with Gasteiger partial charge in [-0.3, -0.25) is 0 Å². The molecule has 2 aromatic rings. The number of hydrogen-bond acceptors (Lipinski definition) is 6. The average Bonchev–Trinajstić information content (AvgIpc) is 2.91. The lowest BCUT2D eigenvalue weighted by atomic mass is 9.93. The number of aromatic nitrogens is 2. The van der Waals surface area contributed by atoms with Crippen LogP contribution in [0, 0.1) is 10.1 Å². The highest BCUT2D eigenvalue weighted by molar-refractivity contribution is 7.15. The summed E-state index contributed by atoms with van der Waals surface area (Å²) in [7, 11) is 0. The molecule has 7 nitrogen and oxygen atoms in total. The fraction of sp³-hybridized carbons (Fsp3) is 0.545. The Hall–Kier alpha value is -1.67. The molecule has 19 heavy (non-hydrogen) atoms. The first-order valence-electron chi connectivity index (χ1n) is 6.21. The molecule has 0 saturated heterocycles. The van der Waals surface area contributed by atoms with E-state index in [-0.39, 0.29) is 17.7 Å². The second-order valence-corrected chi connectivity index (χ2v) is 5.57. The van der Waals surface area contributed by atoms with Crippen LogP contribution in [0.2, 0.25) is 0 Å². The van der Waals surface area contributed by atoms with E-state index in [9.17, 15) is 15.2 Å². The SMILES string of the molecule is O=[N+]([O-])c1c(N[C@H]2CCCC[C@@H]2O)nc2sccn12. The number of fused-ring (bicyclic) bond motifs is 1. The van der Waals surface area contributed by atoms with Crippen molar-refractivity contribution in [3.63, 3.8) is 0 Å². The molecule has 0 spiro atoms. The Labute approximate surface area is 113 Å². The highest BCUT2D eigenvalue weighted by Crippen LogP contribution is 2.30. The minimum Gasteiger partial charge on any atom is -0.391 e. The van der Waals surface area contributed by atoms with E-state index in [1.807, 2.05) is 0 Å². The van der Waals surface area contributed by atoms with Crippen LogP contribution in [-0.2, 0) is 0 Å². The summed E-state index contributed by atoms with van der Waals surface area (Å²) < 4.78 is 1.46. The topological polar surface area (TPSA) is 92.7 Å². The van der Waals surface area contributed by atoms with E-state index in [2.05, 4.69) is 10.3 Å². The van der Waals surface area contributed by atoms with E-state index in [0.717, 1.165) is 25.7 Å². The molecule has 2 N–H and O–H groups in total. The summed E-state index contributed by atoms with van der Waals surface area (Å²) in [5.74, 6) is 0.192. The van der Waals surface area contributed by atoms with Crippen LogP contribution in [0.3, 0.4) is 0 Å². The van der Waals surface area contributed by atoms with E-state index in [4.69, 9.17) is 0 Å². The van der Waals surface area contributed by atoms with Gasteiger partial charge in [0.2, 0.25) is 5.82 Å². The molecule has 1 aliphatic carbocycles. The van der Waals surface area contributed by atoms with Gasteiger partial charge < -0.3 is 20.5 Å². The van der Waals surface area contributed by atoms with Crippen molar-refractivity contribution >= 4 is 27.9 Å². The number of nitro groups is 1. The van der Waals surface area contributed by atoms with E-state index in [0.29, 0.717) is 4.96 Å². The molecule has 0 unspecified atom stereocenters. The quantitative estimate of drug-likeness (QED) is 0.663. The number of rotatable bonds is 3. The molecule has 0 radical (unpaired) electrons. The van der Waals surface area contributed by atoms with Crippen LogP contribution in [-0.4, -0.2) is 31.6 Å². The molecule has 2 atom stereocenters. The number of hydrogen-bond donors (Lipinski definition) is 2. The lowest BCUT2D eigenvalue weighted by Gasteiger charge is -2.27. The van der Waals surface area contributed by atoms with E-state index >= 15 is 0 Å². The second-order valence-electron chi connectivity index (χ2n) is 4.70. The van der Waals surface area contributed by atoms with Gasteiger partial charge in [-0.15, -0.1) is 0 Å². The Balaban J connectivity index is 1.93. The maximum Gasteiger partial charge on any atom is 0.372 e. The predicted octanol–water partition coefficient (Wildman–Crippen LogP) is 2.02. The van der Waals surface area contributed by atoms with Crippen LogP contribution in [0.4, 0.5) is 11.6 Å². The van der Waals surface area contributed by atoms with Crippen molar-refractivity contribution in [2.24, 2.45) is 0 Å². The van der Waals surface area contributed by atoms with Crippen molar-refractivity contribution < 1.29 is 10.0 Å². The minimum absolute atomic E-state index is 0.0611. The van der Waals surface area contributed by atoms with Gasteiger partial charge in [0.25, 0.3) is 4.96 Å². The first kappa shape index (κ1) is 12.4. The lowest BCUT2D eigenvalue weighted by molar-refractivity contribution is -0.389. The zero-order chi connectivity index (χ0) is 13.4. The molecule has 1 fully saturated rings. The molecule has 3 rings (SSSR count). The van der Waals surface area contributed by atoms with Gasteiger partial charge in [-0.05, 0) is 17.8 Å². The fourth-order valence-electron chi connectivity index (χ4n) is 2.50. The summed E-state index contributed by atoms with van der Waals surface area (Å²) in [5.41, 5.74) is 0. The number of aliphatic hydroxyl groups is 1. The first-order valence-corrected chi connectivity index (χ1v) is 7.09. The third kappa shape index (κ3) is 2.17. The Morgan fingerprint density at radius 1 is 1.53 bits per heavy atom. The summed E-state index contributed by atoms with van der Waals surface area (Å²) in [4.78, 5) is 15.5. The van der Waals surface area contributed by atoms with Gasteiger partial charge >= 0.3 is 5.82 Å². The molecule has 0 bridgehead atoms. The molecular weight excluding hydrogens is 268 g/mol. The molecule has 0 amide bonds. The molecule has 8 heteroatoms. The number of aliphatic hydroxyl groups excluding tert-OH is 1. The molecular formula is C11H14N4O3S. The monoisotopic (exact) mass is 282 g/mol. The lowest BCUT2D eigenvalue weighted by Crippen LogP contribution is -2.36. The third-order valence-corrected chi connectivity index (χ3v) is 4.22. The van der Waals surface area contributed by atoms with Gasteiger partial charge in [0, 0.05) is 5.38 Å². The van der Waals surface area contributed by atoms with Crippen molar-refractivity contribution in [2.45, 2.75) is 37.8 Å². The Kier molecular flexibility index (Phi) is 3.11. The van der Waals surface area contributed by atoms with Gasteiger partial charge in [-0.1, -0.05) is 24.2 Å². The molecule has 2 heterocycles. The highest BCUT2D eigenvalue weighted by atomic mass is 32.1. The van der Waals surface area contributed by atoms with Crippen molar-refractivity contribution in [2.75, 3.05) is 5.32 Å². The Bertz CT molecular complexity index is 608. The largest absolute Gasteiger partial charge is 0.391 e. The summed E-state index contributed by atoms with van der Waals surface area (Å²) >= 11 is 1.35. The smallest absolute Gasteiger partial charge is 0.372 e. The van der Waals surface area contributed by atoms with Gasteiger partial charge in [0.05, 0.1) is 12.1 Å². The Morgan fingerprint density at radius 2 is 2.32 bits per heavy atom. The summed E-state index contributed by atoms with van der Waals surface area (Å²) in [6, 6.07) is -0.156. The van der Waals surface area contributed by atoms with Crippen LogP contribution in [0.5, 0.6) is 0 Å². The molecule has 2 aromatic heterocycles. The van der Waals surface area contributed by atoms with Crippen molar-refractivity contribution in [3.8, 4) is 0 Å². The van der Waals surface area contributed by atoms with Crippen LogP contribution in [0.1, 0.15) is 25.7 Å². The zero-order valence-electron chi connectivity index (χ0n) is 10.2. The van der Waals surface area contributed by atoms with E-state index < -0.39 is 11.0 Å². The first-order chi connectivity index (χ1) is 9.16. The highest BCUT2D eigenvalue weighted by Gasteiger charge is 2.29. The number of thiazole rings is 1. The molecule has 0 aromatic carbocycles. The number of nitrogens with zero attached hydrogens (tertiary/aromatic N) is 3. The summed E-state index contributed by atoms with van der Waals surface area (Å²) in [6.45, 7) is 0. The minimum atomic E-state index is -0.465. The maximum absolute atomic E-state index is 11.2. The fourth-order valence-corrected chi connectivity index (χ4v) is 3.21. The van der Waals surface area contributed by atoms with Crippen LogP contribution in [0.25, 0.3) is 4.96 Å². The standard InChI is InChI=1S/C11H14N4O3S/c16-8-4-2-1-3-7(8)12-9-10(15(17)18)14-5-6-19-11(14)13-9/h5-8,12,16H,1-4H2/t7-,8-/m0/s1. The number of imidazole rings is 1. The van der Waals surface area contributed by atoms with Crippen molar-refractivity contribution in [3.05, 3.63) is 21.7 Å². The van der Waals surface area contributed by atoms with E-state index in [1.165, 1.54) is 15.7 Å². The van der Waals surface area contributed by atoms with Crippen LogP contribution >= 0.6 is 11.3 Å². The maximum atomic E-state index is 11.2. The van der Waals surface area contributed by atoms with E-state index in [1.54, 1.807) is 11.6 Å². The summed E-state index contributed by atoms with van der Waals surface area (Å²) in [5, 5.41) is 25.9. The number of anilines is 1. The van der Waals surface area contributed by atoms with Crippen molar-refractivity contribution in [1.82, 2.24) is 9.38 Å². The normalized spacial score (nSPS) is 23.6. The summed E-state index contributed by atoms with van der Waals surface area (Å²) in [6.07, 6.45) is 4.73. The molecule has 1 aliphatic rings. The number of nitrogens with one attached hydrogen (secondary N) is 1. The zero-order valence-corrected chi connectivity index (χ0v) is 11.0.